The lowest BCUT2D eigenvalue weighted by Crippen LogP contribution is -2.62. The summed E-state index contributed by atoms with van der Waals surface area (Å²) in [6, 6.07) is -1.47. The number of nitrogens with one attached hydrogen (secondary N) is 2. The molecule has 0 aromatic carbocycles. The van der Waals surface area contributed by atoms with Gasteiger partial charge in [-0.25, -0.2) is 14.5 Å². The third-order valence-corrected chi connectivity index (χ3v) is 6.22. The molecule has 4 bridgehead atoms. The van der Waals surface area contributed by atoms with E-state index >= 15 is 0 Å². The first-order chi connectivity index (χ1) is 12.3. The molecule has 9 heteroatoms. The summed E-state index contributed by atoms with van der Waals surface area (Å²) in [5.74, 6) is -0.886. The van der Waals surface area contributed by atoms with Crippen molar-refractivity contribution in [3.8, 4) is 0 Å². The molecule has 1 heterocycles. The van der Waals surface area contributed by atoms with E-state index in [2.05, 4.69) is 10.6 Å². The summed E-state index contributed by atoms with van der Waals surface area (Å²) in [5.41, 5.74) is -0.241. The zero-order valence-electron chi connectivity index (χ0n) is 14.6. The van der Waals surface area contributed by atoms with Gasteiger partial charge in [0.1, 0.15) is 6.54 Å². The van der Waals surface area contributed by atoms with E-state index in [0.717, 1.165) is 19.3 Å². The fourth-order valence-corrected chi connectivity index (χ4v) is 5.60. The molecule has 0 atom stereocenters. The first kappa shape index (κ1) is 17.0. The van der Waals surface area contributed by atoms with Crippen molar-refractivity contribution < 1.29 is 24.0 Å². The highest BCUT2D eigenvalue weighted by Crippen LogP contribution is 2.55. The van der Waals surface area contributed by atoms with Crippen molar-refractivity contribution in [2.24, 2.45) is 17.8 Å². The third kappa shape index (κ3) is 2.75. The van der Waals surface area contributed by atoms with Gasteiger partial charge in [0.15, 0.2) is 0 Å². The molecule has 1 aliphatic heterocycles. The number of rotatable bonds is 3. The van der Waals surface area contributed by atoms with Crippen molar-refractivity contribution in [2.45, 2.75) is 44.1 Å². The van der Waals surface area contributed by atoms with E-state index in [0.29, 0.717) is 27.6 Å². The van der Waals surface area contributed by atoms with Crippen LogP contribution >= 0.6 is 0 Å². The lowest BCUT2D eigenvalue weighted by molar-refractivity contribution is -0.143. The van der Waals surface area contributed by atoms with Gasteiger partial charge in [-0.2, -0.15) is 0 Å². The lowest BCUT2D eigenvalue weighted by Gasteiger charge is -2.56. The average Bonchev–Trinajstić information content (AvgIpc) is 2.70. The quantitative estimate of drug-likeness (QED) is 0.550. The summed E-state index contributed by atoms with van der Waals surface area (Å²) in [7, 11) is 1.17. The molecule has 2 N–H and O–H groups in total. The van der Waals surface area contributed by atoms with Gasteiger partial charge in [0.2, 0.25) is 5.91 Å². The predicted octanol–water partition coefficient (Wildman–Crippen LogP) is 0.202. The Balaban J connectivity index is 1.34. The Morgan fingerprint density at radius 3 is 2.00 bits per heavy atom. The molecule has 0 unspecified atom stereocenters. The highest BCUT2D eigenvalue weighted by molar-refractivity contribution is 6.44. The Morgan fingerprint density at radius 1 is 1.00 bits per heavy atom. The SMILES string of the molecule is CN1C(=O)C(=O)N(CC(=O)NC(=O)NC23CC4CC(CC(C4)C2)C3)C1=O. The van der Waals surface area contributed by atoms with Crippen molar-refractivity contribution in [1.29, 1.82) is 0 Å². The van der Waals surface area contributed by atoms with E-state index in [1.165, 1.54) is 26.3 Å². The molecule has 0 aromatic rings. The molecule has 0 spiro atoms. The molecule has 140 valence electrons. The lowest BCUT2D eigenvalue weighted by atomic mass is 9.53. The van der Waals surface area contributed by atoms with Crippen LogP contribution in [-0.4, -0.2) is 58.7 Å². The van der Waals surface area contributed by atoms with Gasteiger partial charge >= 0.3 is 23.9 Å². The Kier molecular flexibility index (Phi) is 3.78. The van der Waals surface area contributed by atoms with Crippen molar-refractivity contribution in [3.05, 3.63) is 0 Å². The van der Waals surface area contributed by atoms with Gasteiger partial charge in [-0.05, 0) is 56.3 Å². The molecule has 5 rings (SSSR count). The van der Waals surface area contributed by atoms with Crippen LogP contribution in [0.25, 0.3) is 0 Å². The minimum atomic E-state index is -1.06. The molecule has 26 heavy (non-hydrogen) atoms. The fraction of sp³-hybridized carbons (Fsp3) is 0.706. The van der Waals surface area contributed by atoms with Crippen LogP contribution < -0.4 is 10.6 Å². The molecule has 1 saturated heterocycles. The van der Waals surface area contributed by atoms with E-state index < -0.39 is 36.3 Å². The van der Waals surface area contributed by atoms with Crippen LogP contribution in [0.5, 0.6) is 0 Å². The van der Waals surface area contributed by atoms with Crippen LogP contribution in [0.4, 0.5) is 9.59 Å². The maximum absolute atomic E-state index is 12.3. The summed E-state index contributed by atoms with van der Waals surface area (Å²) in [5, 5.41) is 5.17. The monoisotopic (exact) mass is 362 g/mol. The summed E-state index contributed by atoms with van der Waals surface area (Å²) in [4.78, 5) is 60.4. The molecule has 5 aliphatic rings. The Bertz CT molecular complexity index is 683. The second-order valence-corrected chi connectivity index (χ2v) is 8.24. The van der Waals surface area contributed by atoms with E-state index in [1.54, 1.807) is 0 Å². The van der Waals surface area contributed by atoms with Crippen molar-refractivity contribution in [3.63, 3.8) is 0 Å². The average molecular weight is 362 g/mol. The minimum Gasteiger partial charge on any atom is -0.332 e. The van der Waals surface area contributed by atoms with Crippen LogP contribution in [0.15, 0.2) is 0 Å². The third-order valence-electron chi connectivity index (χ3n) is 6.22. The normalized spacial score (nSPS) is 35.3. The van der Waals surface area contributed by atoms with Gasteiger partial charge in [0.05, 0.1) is 0 Å². The molecular formula is C17H22N4O5. The zero-order valence-corrected chi connectivity index (χ0v) is 14.6. The number of urea groups is 2. The van der Waals surface area contributed by atoms with Gasteiger partial charge < -0.3 is 5.32 Å². The molecule has 7 amide bonds. The van der Waals surface area contributed by atoms with Crippen LogP contribution in [-0.2, 0) is 14.4 Å². The molecule has 5 fully saturated rings. The standard InChI is InChI=1S/C17H22N4O5/c1-20-13(23)14(24)21(16(20)26)8-12(22)18-15(25)19-17-5-9-2-10(6-17)4-11(3-9)7-17/h9-11H,2-8H2,1H3,(H2,18,19,22,25). The number of amides is 7. The van der Waals surface area contributed by atoms with E-state index in [9.17, 15) is 24.0 Å². The van der Waals surface area contributed by atoms with E-state index in [4.69, 9.17) is 0 Å². The van der Waals surface area contributed by atoms with Crippen LogP contribution in [0.2, 0.25) is 0 Å². The first-order valence-corrected chi connectivity index (χ1v) is 9.02. The van der Waals surface area contributed by atoms with Gasteiger partial charge in [-0.1, -0.05) is 0 Å². The summed E-state index contributed by atoms with van der Waals surface area (Å²) < 4.78 is 0. The maximum Gasteiger partial charge on any atom is 0.334 e. The van der Waals surface area contributed by atoms with Gasteiger partial charge in [0, 0.05) is 12.6 Å². The number of nitrogens with zero attached hydrogens (tertiary/aromatic N) is 2. The highest BCUT2D eigenvalue weighted by atomic mass is 16.2. The van der Waals surface area contributed by atoms with E-state index in [1.807, 2.05) is 0 Å². The van der Waals surface area contributed by atoms with Crippen LogP contribution in [0.1, 0.15) is 38.5 Å². The smallest absolute Gasteiger partial charge is 0.332 e. The Hall–Kier alpha value is -2.45. The van der Waals surface area contributed by atoms with Gasteiger partial charge in [-0.3, -0.25) is 24.6 Å². The number of carbonyl (C=O) groups excluding carboxylic acids is 5. The molecule has 9 nitrogen and oxygen atoms in total. The Morgan fingerprint density at radius 2 is 1.54 bits per heavy atom. The van der Waals surface area contributed by atoms with Crippen LogP contribution in [0.3, 0.4) is 0 Å². The molecule has 0 aromatic heterocycles. The topological polar surface area (TPSA) is 116 Å². The number of hydrogen-bond acceptors (Lipinski definition) is 5. The summed E-state index contributed by atoms with van der Waals surface area (Å²) in [6.45, 7) is -0.651. The summed E-state index contributed by atoms with van der Waals surface area (Å²) >= 11 is 0. The Labute approximate surface area is 150 Å². The predicted molar refractivity (Wildman–Crippen MR) is 87.5 cm³/mol. The molecular weight excluding hydrogens is 340 g/mol. The van der Waals surface area contributed by atoms with Crippen LogP contribution in [0, 0.1) is 17.8 Å². The largest absolute Gasteiger partial charge is 0.334 e. The van der Waals surface area contributed by atoms with Gasteiger partial charge in [-0.15, -0.1) is 0 Å². The van der Waals surface area contributed by atoms with Crippen molar-refractivity contribution in [2.75, 3.05) is 13.6 Å². The molecule has 4 aliphatic carbocycles. The van der Waals surface area contributed by atoms with Gasteiger partial charge in [0.25, 0.3) is 0 Å². The number of imide groups is 3. The number of hydrogen-bond donors (Lipinski definition) is 2. The number of carbonyl (C=O) groups is 5. The maximum atomic E-state index is 12.3. The second kappa shape index (κ2) is 5.78. The van der Waals surface area contributed by atoms with E-state index in [-0.39, 0.29) is 5.54 Å². The first-order valence-electron chi connectivity index (χ1n) is 9.02. The molecule has 4 saturated carbocycles. The van der Waals surface area contributed by atoms with Crippen molar-refractivity contribution in [1.82, 2.24) is 20.4 Å². The zero-order chi connectivity index (χ0) is 18.6. The summed E-state index contributed by atoms with van der Waals surface area (Å²) in [6.07, 6.45) is 6.56. The van der Waals surface area contributed by atoms with Crippen molar-refractivity contribution >= 4 is 29.8 Å². The molecule has 0 radical (unpaired) electrons. The number of likely N-dealkylation sites (N-methyl/N-ethyl adjacent to an activating group) is 1. The fourth-order valence-electron chi connectivity index (χ4n) is 5.60. The second-order valence-electron chi connectivity index (χ2n) is 8.24. The minimum absolute atomic E-state index is 0.241. The highest BCUT2D eigenvalue weighted by Gasteiger charge is 2.51.